The van der Waals surface area contributed by atoms with Gasteiger partial charge in [0, 0.05) is 17.8 Å². The summed E-state index contributed by atoms with van der Waals surface area (Å²) in [6.07, 6.45) is 3.17. The second-order valence-corrected chi connectivity index (χ2v) is 6.77. The van der Waals surface area contributed by atoms with Gasteiger partial charge in [0.15, 0.2) is 11.5 Å². The predicted molar refractivity (Wildman–Crippen MR) is 92.6 cm³/mol. The first-order valence-electron chi connectivity index (χ1n) is 7.94. The summed E-state index contributed by atoms with van der Waals surface area (Å²) in [7, 11) is 2.92. The molecular formula is C18H24FN3O3. The molecule has 136 valence electrons. The number of methoxy groups -OCH3 is 2. The summed E-state index contributed by atoms with van der Waals surface area (Å²) in [5.74, 6) is -0.0951. The van der Waals surface area contributed by atoms with Crippen LogP contribution in [0.4, 0.5) is 4.39 Å². The molecule has 0 unspecified atom stereocenters. The molecule has 1 N–H and O–H groups in total. The summed E-state index contributed by atoms with van der Waals surface area (Å²) in [5.41, 5.74) is 0.511. The molecule has 0 spiro atoms. The fraction of sp³-hybridized carbons (Fsp3) is 0.444. The molecule has 1 heterocycles. The van der Waals surface area contributed by atoms with Crippen LogP contribution in [0.25, 0.3) is 0 Å². The van der Waals surface area contributed by atoms with E-state index < -0.39 is 11.9 Å². The Hall–Kier alpha value is -2.57. The van der Waals surface area contributed by atoms with E-state index in [1.165, 1.54) is 32.5 Å². The van der Waals surface area contributed by atoms with E-state index in [-0.39, 0.29) is 11.4 Å². The van der Waals surface area contributed by atoms with Gasteiger partial charge in [-0.05, 0) is 33.8 Å². The van der Waals surface area contributed by atoms with Crippen molar-refractivity contribution < 1.29 is 18.7 Å². The molecule has 1 atom stereocenters. The van der Waals surface area contributed by atoms with Crippen LogP contribution in [0.3, 0.4) is 0 Å². The number of benzene rings is 1. The Kier molecular flexibility index (Phi) is 5.35. The Bertz CT molecular complexity index is 765. The molecule has 0 saturated heterocycles. The molecule has 0 fully saturated rings. The third kappa shape index (κ3) is 4.10. The van der Waals surface area contributed by atoms with Crippen molar-refractivity contribution in [1.82, 2.24) is 15.1 Å². The van der Waals surface area contributed by atoms with Gasteiger partial charge in [0.1, 0.15) is 5.82 Å². The Morgan fingerprint density at radius 3 is 2.36 bits per heavy atom. The SMILES string of the molecule is COc1cc(F)c([C@@H](C)NC(=O)c2cnn(C(C)(C)C)c2)cc1OC. The standard InChI is InChI=1S/C18H24FN3O3/c1-11(13-7-15(24-5)16(25-6)8-14(13)19)21-17(23)12-9-20-22(10-12)18(2,3)4/h7-11H,1-6H3,(H,21,23)/t11-/m1/s1. The summed E-state index contributed by atoms with van der Waals surface area (Å²) >= 11 is 0. The third-order valence-corrected chi connectivity index (χ3v) is 3.85. The molecule has 0 aliphatic rings. The predicted octanol–water partition coefficient (Wildman–Crippen LogP) is 3.29. The molecule has 2 rings (SSSR count). The van der Waals surface area contributed by atoms with E-state index in [1.807, 2.05) is 20.8 Å². The number of hydrogen-bond donors (Lipinski definition) is 1. The fourth-order valence-corrected chi connectivity index (χ4v) is 2.37. The van der Waals surface area contributed by atoms with Gasteiger partial charge in [-0.2, -0.15) is 5.10 Å². The van der Waals surface area contributed by atoms with Crippen molar-refractivity contribution in [3.63, 3.8) is 0 Å². The van der Waals surface area contributed by atoms with Crippen LogP contribution in [-0.4, -0.2) is 29.9 Å². The van der Waals surface area contributed by atoms with E-state index in [9.17, 15) is 9.18 Å². The zero-order valence-corrected chi connectivity index (χ0v) is 15.4. The van der Waals surface area contributed by atoms with Crippen LogP contribution in [0.1, 0.15) is 49.7 Å². The van der Waals surface area contributed by atoms with E-state index in [0.717, 1.165) is 0 Å². The van der Waals surface area contributed by atoms with Crippen molar-refractivity contribution in [2.24, 2.45) is 0 Å². The van der Waals surface area contributed by atoms with E-state index in [4.69, 9.17) is 9.47 Å². The Morgan fingerprint density at radius 1 is 1.24 bits per heavy atom. The highest BCUT2D eigenvalue weighted by Gasteiger charge is 2.21. The molecular weight excluding hydrogens is 325 g/mol. The number of nitrogens with zero attached hydrogens (tertiary/aromatic N) is 2. The summed E-state index contributed by atoms with van der Waals surface area (Å²) in [5, 5.41) is 6.98. The second kappa shape index (κ2) is 7.13. The molecule has 2 aromatic rings. The average Bonchev–Trinajstić information content (AvgIpc) is 3.04. The van der Waals surface area contributed by atoms with Crippen LogP contribution in [-0.2, 0) is 5.54 Å². The lowest BCUT2D eigenvalue weighted by Crippen LogP contribution is -2.27. The number of carbonyl (C=O) groups is 1. The number of amides is 1. The van der Waals surface area contributed by atoms with E-state index in [0.29, 0.717) is 22.6 Å². The van der Waals surface area contributed by atoms with E-state index in [1.54, 1.807) is 17.8 Å². The average molecular weight is 349 g/mol. The minimum absolute atomic E-state index is 0.223. The highest BCUT2D eigenvalue weighted by atomic mass is 19.1. The Labute approximate surface area is 146 Å². The molecule has 0 aliphatic heterocycles. The zero-order valence-electron chi connectivity index (χ0n) is 15.4. The Morgan fingerprint density at radius 2 is 1.84 bits per heavy atom. The van der Waals surface area contributed by atoms with Gasteiger partial charge in [0.2, 0.25) is 0 Å². The summed E-state index contributed by atoms with van der Waals surface area (Å²) in [4.78, 5) is 12.4. The van der Waals surface area contributed by atoms with Crippen molar-refractivity contribution in [3.05, 3.63) is 41.5 Å². The summed E-state index contributed by atoms with van der Waals surface area (Å²) < 4.78 is 26.3. The van der Waals surface area contributed by atoms with Crippen LogP contribution in [0, 0.1) is 5.82 Å². The van der Waals surface area contributed by atoms with E-state index in [2.05, 4.69) is 10.4 Å². The third-order valence-electron chi connectivity index (χ3n) is 3.85. The quantitative estimate of drug-likeness (QED) is 0.900. The van der Waals surface area contributed by atoms with Gasteiger partial charge in [-0.15, -0.1) is 0 Å². The largest absolute Gasteiger partial charge is 0.493 e. The molecule has 0 radical (unpaired) electrons. The van der Waals surface area contributed by atoms with Gasteiger partial charge in [-0.3, -0.25) is 9.48 Å². The summed E-state index contributed by atoms with van der Waals surface area (Å²) in [6, 6.07) is 2.22. The number of ether oxygens (including phenoxy) is 2. The zero-order chi connectivity index (χ0) is 18.8. The highest BCUT2D eigenvalue weighted by molar-refractivity contribution is 5.93. The lowest BCUT2D eigenvalue weighted by atomic mass is 10.1. The lowest BCUT2D eigenvalue weighted by Gasteiger charge is -2.19. The maximum atomic E-state index is 14.3. The van der Waals surface area contributed by atoms with Gasteiger partial charge in [-0.1, -0.05) is 0 Å². The molecule has 7 heteroatoms. The van der Waals surface area contributed by atoms with Crippen molar-refractivity contribution in [2.45, 2.75) is 39.3 Å². The molecule has 0 aliphatic carbocycles. The summed E-state index contributed by atoms with van der Waals surface area (Å²) in [6.45, 7) is 7.67. The first kappa shape index (κ1) is 18.8. The van der Waals surface area contributed by atoms with Crippen LogP contribution in [0.5, 0.6) is 11.5 Å². The number of rotatable bonds is 5. The monoisotopic (exact) mass is 349 g/mol. The Balaban J connectivity index is 2.20. The van der Waals surface area contributed by atoms with Crippen molar-refractivity contribution in [1.29, 1.82) is 0 Å². The topological polar surface area (TPSA) is 65.4 Å². The van der Waals surface area contributed by atoms with Gasteiger partial charge in [0.05, 0.1) is 37.6 Å². The fourth-order valence-electron chi connectivity index (χ4n) is 2.37. The number of hydrogen-bond acceptors (Lipinski definition) is 4. The van der Waals surface area contributed by atoms with Crippen molar-refractivity contribution in [2.75, 3.05) is 14.2 Å². The second-order valence-electron chi connectivity index (χ2n) is 6.77. The van der Waals surface area contributed by atoms with Crippen molar-refractivity contribution in [3.8, 4) is 11.5 Å². The van der Waals surface area contributed by atoms with Crippen molar-refractivity contribution >= 4 is 5.91 Å². The number of carbonyl (C=O) groups excluding carboxylic acids is 1. The van der Waals surface area contributed by atoms with Gasteiger partial charge in [0.25, 0.3) is 5.91 Å². The highest BCUT2D eigenvalue weighted by Crippen LogP contribution is 2.32. The van der Waals surface area contributed by atoms with Crippen LogP contribution in [0.2, 0.25) is 0 Å². The minimum Gasteiger partial charge on any atom is -0.493 e. The smallest absolute Gasteiger partial charge is 0.254 e. The first-order valence-corrected chi connectivity index (χ1v) is 7.94. The molecule has 0 bridgehead atoms. The lowest BCUT2D eigenvalue weighted by molar-refractivity contribution is 0.0939. The van der Waals surface area contributed by atoms with Gasteiger partial charge < -0.3 is 14.8 Å². The van der Waals surface area contributed by atoms with Crippen LogP contribution >= 0.6 is 0 Å². The molecule has 1 amide bonds. The molecule has 25 heavy (non-hydrogen) atoms. The number of halogens is 1. The molecule has 0 saturated carbocycles. The maximum Gasteiger partial charge on any atom is 0.254 e. The first-order chi connectivity index (χ1) is 11.7. The molecule has 1 aromatic heterocycles. The van der Waals surface area contributed by atoms with Gasteiger partial charge >= 0.3 is 0 Å². The minimum atomic E-state index is -0.551. The van der Waals surface area contributed by atoms with Crippen LogP contribution < -0.4 is 14.8 Å². The normalized spacial score (nSPS) is 12.6. The molecule has 1 aromatic carbocycles. The number of aromatic nitrogens is 2. The number of nitrogens with one attached hydrogen (secondary N) is 1. The maximum absolute atomic E-state index is 14.3. The van der Waals surface area contributed by atoms with Crippen LogP contribution in [0.15, 0.2) is 24.5 Å². The molecule has 6 nitrogen and oxygen atoms in total. The van der Waals surface area contributed by atoms with Gasteiger partial charge in [-0.25, -0.2) is 4.39 Å². The van der Waals surface area contributed by atoms with E-state index >= 15 is 0 Å².